The molecule has 1 aliphatic heterocycles. The highest BCUT2D eigenvalue weighted by Crippen LogP contribution is 2.35. The van der Waals surface area contributed by atoms with Crippen LogP contribution in [0.3, 0.4) is 0 Å². The Labute approximate surface area is 210 Å². The van der Waals surface area contributed by atoms with Crippen LogP contribution in [-0.2, 0) is 31.2 Å². The van der Waals surface area contributed by atoms with Gasteiger partial charge in [-0.15, -0.1) is 11.3 Å². The van der Waals surface area contributed by atoms with Crippen molar-refractivity contribution in [2.24, 2.45) is 0 Å². The Kier molecular flexibility index (Phi) is 6.30. The zero-order chi connectivity index (χ0) is 24.8. The number of rotatable bonds is 7. The molecule has 5 rings (SSSR count). The minimum absolute atomic E-state index is 0.0635. The molecule has 1 fully saturated rings. The first-order valence-corrected chi connectivity index (χ1v) is 15.7. The topological polar surface area (TPSA) is 118 Å². The molecule has 0 aliphatic carbocycles. The summed E-state index contributed by atoms with van der Waals surface area (Å²) in [7, 11) is -7.23. The lowest BCUT2D eigenvalue weighted by Gasteiger charge is -2.27. The number of benzene rings is 1. The molecule has 1 saturated heterocycles. The Bertz CT molecular complexity index is 1580. The van der Waals surface area contributed by atoms with Gasteiger partial charge in [0.05, 0.1) is 27.9 Å². The van der Waals surface area contributed by atoms with Gasteiger partial charge in [0.15, 0.2) is 15.0 Å². The van der Waals surface area contributed by atoms with Gasteiger partial charge >= 0.3 is 0 Å². The summed E-state index contributed by atoms with van der Waals surface area (Å²) in [6.45, 7) is 0.316. The van der Waals surface area contributed by atoms with Gasteiger partial charge in [0, 0.05) is 12.8 Å². The number of thiazole rings is 1. The summed E-state index contributed by atoms with van der Waals surface area (Å²) in [4.78, 5) is 20.0. The molecule has 0 bridgehead atoms. The van der Waals surface area contributed by atoms with Crippen LogP contribution in [-0.4, -0.2) is 50.9 Å². The Balaban J connectivity index is 1.54. The number of carbonyl (C=O) groups excluding carboxylic acids is 1. The number of nitrogens with zero attached hydrogens (tertiary/aromatic N) is 3. The number of sulfonamides is 1. The molecular formula is C22H21N3O6S4. The van der Waals surface area contributed by atoms with E-state index in [9.17, 15) is 21.6 Å². The Hall–Kier alpha value is -2.58. The molecule has 0 N–H and O–H groups in total. The van der Waals surface area contributed by atoms with E-state index in [4.69, 9.17) is 4.42 Å². The van der Waals surface area contributed by atoms with E-state index in [0.717, 1.165) is 17.6 Å². The maximum atomic E-state index is 13.9. The minimum atomic E-state index is -3.82. The summed E-state index contributed by atoms with van der Waals surface area (Å²) < 4.78 is 58.0. The van der Waals surface area contributed by atoms with Gasteiger partial charge in [-0.3, -0.25) is 9.69 Å². The zero-order valence-corrected chi connectivity index (χ0v) is 21.8. The fourth-order valence-corrected chi connectivity index (χ4v) is 8.52. The largest absolute Gasteiger partial charge is 0.467 e. The van der Waals surface area contributed by atoms with Crippen molar-refractivity contribution in [2.45, 2.75) is 34.5 Å². The van der Waals surface area contributed by atoms with Crippen molar-refractivity contribution in [2.75, 3.05) is 17.7 Å². The Morgan fingerprint density at radius 1 is 1.20 bits per heavy atom. The normalized spacial score (nSPS) is 17.2. The number of amides is 1. The van der Waals surface area contributed by atoms with Crippen molar-refractivity contribution in [1.82, 2.24) is 9.29 Å². The van der Waals surface area contributed by atoms with Gasteiger partial charge in [0.25, 0.3) is 10.0 Å². The summed E-state index contributed by atoms with van der Waals surface area (Å²) >= 11 is 2.29. The monoisotopic (exact) mass is 551 g/mol. The quantitative estimate of drug-likeness (QED) is 0.343. The van der Waals surface area contributed by atoms with E-state index in [1.165, 1.54) is 45.0 Å². The molecule has 0 spiro atoms. The van der Waals surface area contributed by atoms with E-state index in [2.05, 4.69) is 4.98 Å². The molecule has 1 unspecified atom stereocenters. The summed E-state index contributed by atoms with van der Waals surface area (Å²) in [5.74, 6) is 0.113. The van der Waals surface area contributed by atoms with Crippen LogP contribution in [0.2, 0.25) is 0 Å². The Morgan fingerprint density at radius 3 is 2.71 bits per heavy atom. The van der Waals surface area contributed by atoms with Crippen LogP contribution in [0, 0.1) is 0 Å². The average molecular weight is 552 g/mol. The highest BCUT2D eigenvalue weighted by molar-refractivity contribution is 7.91. The van der Waals surface area contributed by atoms with E-state index in [-0.39, 0.29) is 22.2 Å². The van der Waals surface area contributed by atoms with Crippen molar-refractivity contribution >= 4 is 63.8 Å². The van der Waals surface area contributed by atoms with Crippen LogP contribution in [0.5, 0.6) is 0 Å². The molecule has 35 heavy (non-hydrogen) atoms. The van der Waals surface area contributed by atoms with Gasteiger partial charge in [-0.05, 0) is 54.6 Å². The summed E-state index contributed by atoms with van der Waals surface area (Å²) in [5, 5.41) is 2.03. The number of thiophene rings is 1. The lowest BCUT2D eigenvalue weighted by molar-refractivity contribution is -0.121. The Morgan fingerprint density at radius 2 is 2.03 bits per heavy atom. The van der Waals surface area contributed by atoms with E-state index in [1.807, 2.05) is 0 Å². The average Bonchev–Trinajstić information content (AvgIpc) is 3.62. The number of sulfone groups is 1. The fraction of sp³-hybridized carbons (Fsp3) is 0.273. The molecule has 184 valence electrons. The van der Waals surface area contributed by atoms with Crippen molar-refractivity contribution < 1.29 is 26.0 Å². The molecule has 3 aromatic heterocycles. The van der Waals surface area contributed by atoms with E-state index in [1.54, 1.807) is 29.6 Å². The smallest absolute Gasteiger partial charge is 0.253 e. The maximum Gasteiger partial charge on any atom is 0.253 e. The van der Waals surface area contributed by atoms with Gasteiger partial charge in [-0.25, -0.2) is 21.8 Å². The lowest BCUT2D eigenvalue weighted by Crippen LogP contribution is -2.47. The third-order valence-corrected chi connectivity index (χ3v) is 11.1. The number of furan rings is 1. The predicted octanol–water partition coefficient (Wildman–Crippen LogP) is 3.74. The molecule has 1 atom stereocenters. The van der Waals surface area contributed by atoms with Crippen LogP contribution in [0.1, 0.15) is 18.6 Å². The van der Waals surface area contributed by atoms with E-state index >= 15 is 0 Å². The predicted molar refractivity (Wildman–Crippen MR) is 134 cm³/mol. The van der Waals surface area contributed by atoms with Crippen molar-refractivity contribution in [3.63, 3.8) is 0 Å². The maximum absolute atomic E-state index is 13.9. The number of aromatic nitrogens is 1. The SMILES string of the molecule is CS(=O)(=O)c1ccc2nc(N(Cc3ccco3)C(=O)C3CCCN3S(=O)(=O)c3cccs3)sc2c1. The van der Waals surface area contributed by atoms with Gasteiger partial charge in [-0.2, -0.15) is 4.31 Å². The van der Waals surface area contributed by atoms with Crippen LogP contribution >= 0.6 is 22.7 Å². The molecule has 1 aromatic carbocycles. The zero-order valence-electron chi connectivity index (χ0n) is 18.5. The molecule has 1 aliphatic rings. The second-order valence-corrected chi connectivity index (χ2v) is 14.2. The standard InChI is InChI=1S/C22H21N3O6S4/c1-34(27,28)16-8-9-17-19(13-16)33-22(23-17)24(14-15-5-3-11-31-15)21(26)18-6-2-10-25(18)35(29,30)20-7-4-12-32-20/h3-5,7-9,11-13,18H,2,6,10,14H2,1H3. The molecule has 4 aromatic rings. The summed E-state index contributed by atoms with van der Waals surface area (Å²) in [6.07, 6.45) is 3.58. The first-order chi connectivity index (χ1) is 16.6. The van der Waals surface area contributed by atoms with Crippen molar-refractivity contribution in [3.8, 4) is 0 Å². The van der Waals surface area contributed by atoms with E-state index in [0.29, 0.717) is 34.0 Å². The first kappa shape index (κ1) is 24.1. The third kappa shape index (κ3) is 4.66. The first-order valence-electron chi connectivity index (χ1n) is 10.6. The van der Waals surface area contributed by atoms with Crippen LogP contribution in [0.4, 0.5) is 5.13 Å². The van der Waals surface area contributed by atoms with Gasteiger partial charge in [0.1, 0.15) is 16.0 Å². The molecule has 4 heterocycles. The number of hydrogen-bond acceptors (Lipinski definition) is 9. The van der Waals surface area contributed by atoms with Gasteiger partial charge < -0.3 is 4.42 Å². The fourth-order valence-electron chi connectivity index (χ4n) is 4.02. The molecule has 13 heteroatoms. The van der Waals surface area contributed by atoms with Crippen LogP contribution in [0.15, 0.2) is 67.6 Å². The molecular weight excluding hydrogens is 531 g/mol. The lowest BCUT2D eigenvalue weighted by atomic mass is 10.2. The highest BCUT2D eigenvalue weighted by atomic mass is 32.2. The summed E-state index contributed by atoms with van der Waals surface area (Å²) in [6, 6.07) is 10.4. The summed E-state index contributed by atoms with van der Waals surface area (Å²) in [5.41, 5.74) is 0.545. The minimum Gasteiger partial charge on any atom is -0.467 e. The highest BCUT2D eigenvalue weighted by Gasteiger charge is 2.42. The van der Waals surface area contributed by atoms with Crippen molar-refractivity contribution in [3.05, 3.63) is 59.9 Å². The second-order valence-electron chi connectivity index (χ2n) is 8.11. The number of anilines is 1. The van der Waals surface area contributed by atoms with E-state index < -0.39 is 31.8 Å². The third-order valence-electron chi connectivity index (χ3n) is 5.71. The molecule has 9 nitrogen and oxygen atoms in total. The van der Waals surface area contributed by atoms with Gasteiger partial charge in [0.2, 0.25) is 5.91 Å². The molecule has 1 amide bonds. The number of carbonyl (C=O) groups is 1. The number of fused-ring (bicyclic) bond motifs is 1. The molecule has 0 radical (unpaired) electrons. The number of hydrogen-bond donors (Lipinski definition) is 0. The van der Waals surface area contributed by atoms with Crippen LogP contribution in [0.25, 0.3) is 10.2 Å². The van der Waals surface area contributed by atoms with Crippen LogP contribution < -0.4 is 4.90 Å². The second kappa shape index (κ2) is 9.13. The van der Waals surface area contributed by atoms with Crippen molar-refractivity contribution in [1.29, 1.82) is 0 Å². The van der Waals surface area contributed by atoms with Gasteiger partial charge in [-0.1, -0.05) is 17.4 Å². The molecule has 0 saturated carbocycles.